The summed E-state index contributed by atoms with van der Waals surface area (Å²) in [6.45, 7) is 0.504. The van der Waals surface area contributed by atoms with Gasteiger partial charge in [0.2, 0.25) is 11.8 Å². The van der Waals surface area contributed by atoms with Gasteiger partial charge in [0.15, 0.2) is 4.34 Å². The molecule has 1 aromatic heterocycles. The molecule has 0 bridgehead atoms. The highest BCUT2D eigenvalue weighted by Crippen LogP contribution is 2.33. The Morgan fingerprint density at radius 1 is 1.05 bits per heavy atom. The number of unbranched alkanes of at least 4 members (excludes halogenated alkanes) is 2. The maximum atomic E-state index is 12.7. The quantitative estimate of drug-likeness (QED) is 0.104. The van der Waals surface area contributed by atoms with E-state index in [1.54, 1.807) is 17.0 Å². The maximum Gasteiger partial charge on any atom is 0.266 e. The fourth-order valence-corrected chi connectivity index (χ4v) is 6.72. The van der Waals surface area contributed by atoms with E-state index in [-0.39, 0.29) is 29.9 Å². The summed E-state index contributed by atoms with van der Waals surface area (Å²) < 4.78 is 2.42. The van der Waals surface area contributed by atoms with E-state index in [1.807, 2.05) is 42.5 Å². The number of hydrogen-bond acceptors (Lipinski definition) is 8. The predicted molar refractivity (Wildman–Crippen MR) is 156 cm³/mol. The molecule has 192 valence electrons. The number of carbonyl (C=O) groups excluding carboxylic acids is 3. The maximum absolute atomic E-state index is 12.7. The molecule has 2 N–H and O–H groups in total. The lowest BCUT2D eigenvalue weighted by Crippen LogP contribution is -2.42. The zero-order valence-electron chi connectivity index (χ0n) is 19.6. The normalized spacial score (nSPS) is 14.5. The number of fused-ring (bicyclic) bond motifs is 1. The van der Waals surface area contributed by atoms with Gasteiger partial charge in [-0.05, 0) is 48.7 Å². The minimum atomic E-state index is -0.293. The van der Waals surface area contributed by atoms with E-state index < -0.39 is 0 Å². The Labute approximate surface area is 237 Å². The van der Waals surface area contributed by atoms with E-state index in [0.717, 1.165) is 33.0 Å². The number of amides is 3. The van der Waals surface area contributed by atoms with Crippen LogP contribution in [0.4, 0.5) is 0 Å². The molecule has 2 aromatic carbocycles. The Hall–Kier alpha value is -2.44. The highest BCUT2D eigenvalue weighted by atomic mass is 35.5. The van der Waals surface area contributed by atoms with Crippen LogP contribution < -0.4 is 10.9 Å². The number of aromatic nitrogens is 1. The summed E-state index contributed by atoms with van der Waals surface area (Å²) in [6.07, 6.45) is 4.20. The van der Waals surface area contributed by atoms with Gasteiger partial charge in [-0.15, -0.1) is 11.3 Å². The number of hydrazine groups is 1. The molecule has 2 heterocycles. The molecular formula is C25H23ClN4O3S4. The Morgan fingerprint density at radius 3 is 2.59 bits per heavy atom. The van der Waals surface area contributed by atoms with Gasteiger partial charge in [-0.25, -0.2) is 4.98 Å². The number of hydrogen-bond donors (Lipinski definition) is 2. The molecular weight excluding hydrogens is 568 g/mol. The molecule has 0 spiro atoms. The van der Waals surface area contributed by atoms with Crippen LogP contribution in [0.1, 0.15) is 31.2 Å². The summed E-state index contributed by atoms with van der Waals surface area (Å²) in [7, 11) is 0. The zero-order valence-corrected chi connectivity index (χ0v) is 23.6. The predicted octanol–water partition coefficient (Wildman–Crippen LogP) is 5.65. The van der Waals surface area contributed by atoms with Gasteiger partial charge in [-0.2, -0.15) is 0 Å². The standard InChI is InChI=1S/C25H23ClN4O3S4/c26-17-11-9-16(10-12-17)14-20-23(33)30(25(34)37-20)13-5-1-2-8-21(31)28-29-22(32)15-35-24-27-18-6-3-4-7-19(18)36-24/h3-4,6-7,9-12,14H,1-2,5,8,13,15H2,(H,28,31)(H,29,32). The SMILES string of the molecule is O=C(CCCCCN1C(=O)C(=Cc2ccc(Cl)cc2)SC1=S)NNC(=O)CSc1nc2ccccc2s1. The van der Waals surface area contributed by atoms with Gasteiger partial charge in [0.1, 0.15) is 4.32 Å². The number of thiocarbonyl (C=S) groups is 1. The molecule has 37 heavy (non-hydrogen) atoms. The average Bonchev–Trinajstić information content (AvgIpc) is 3.42. The fraction of sp³-hybridized carbons (Fsp3) is 0.240. The molecule has 3 amide bonds. The van der Waals surface area contributed by atoms with Crippen molar-refractivity contribution >= 4 is 97.0 Å². The molecule has 4 rings (SSSR count). The summed E-state index contributed by atoms with van der Waals surface area (Å²) in [5.41, 5.74) is 6.69. The lowest BCUT2D eigenvalue weighted by Gasteiger charge is -2.14. The third kappa shape index (κ3) is 8.02. The monoisotopic (exact) mass is 590 g/mol. The number of nitrogens with zero attached hydrogens (tertiary/aromatic N) is 2. The van der Waals surface area contributed by atoms with Crippen molar-refractivity contribution in [3.63, 3.8) is 0 Å². The van der Waals surface area contributed by atoms with Crippen molar-refractivity contribution in [2.75, 3.05) is 12.3 Å². The third-order valence-corrected chi connectivity index (χ3v) is 9.08. The van der Waals surface area contributed by atoms with Gasteiger partial charge in [0.05, 0.1) is 20.9 Å². The van der Waals surface area contributed by atoms with Crippen LogP contribution in [0.25, 0.3) is 16.3 Å². The first-order chi connectivity index (χ1) is 17.9. The second-order valence-electron chi connectivity index (χ2n) is 8.03. The molecule has 0 unspecified atom stereocenters. The molecule has 3 aromatic rings. The number of thiazole rings is 1. The summed E-state index contributed by atoms with van der Waals surface area (Å²) in [5, 5.41) is 0.639. The molecule has 1 aliphatic rings. The molecule has 1 saturated heterocycles. The number of thioether (sulfide) groups is 2. The largest absolute Gasteiger partial charge is 0.293 e. The highest BCUT2D eigenvalue weighted by Gasteiger charge is 2.31. The van der Waals surface area contributed by atoms with Crippen LogP contribution in [0.2, 0.25) is 5.02 Å². The lowest BCUT2D eigenvalue weighted by molar-refractivity contribution is -0.127. The number of carbonyl (C=O) groups is 3. The van der Waals surface area contributed by atoms with Gasteiger partial charge in [0.25, 0.3) is 5.91 Å². The smallest absolute Gasteiger partial charge is 0.266 e. The van der Waals surface area contributed by atoms with E-state index in [2.05, 4.69) is 15.8 Å². The van der Waals surface area contributed by atoms with Crippen molar-refractivity contribution in [2.24, 2.45) is 0 Å². The number of halogens is 1. The summed E-state index contributed by atoms with van der Waals surface area (Å²) >= 11 is 15.4. The van der Waals surface area contributed by atoms with Gasteiger partial charge >= 0.3 is 0 Å². The van der Waals surface area contributed by atoms with E-state index in [9.17, 15) is 14.4 Å². The fourth-order valence-electron chi connectivity index (χ4n) is 3.41. The highest BCUT2D eigenvalue weighted by molar-refractivity contribution is 8.26. The molecule has 0 radical (unpaired) electrons. The minimum absolute atomic E-state index is 0.103. The van der Waals surface area contributed by atoms with Crippen LogP contribution in [0.5, 0.6) is 0 Å². The Morgan fingerprint density at radius 2 is 1.81 bits per heavy atom. The second kappa shape index (κ2) is 13.4. The van der Waals surface area contributed by atoms with E-state index >= 15 is 0 Å². The van der Waals surface area contributed by atoms with Gasteiger partial charge < -0.3 is 0 Å². The van der Waals surface area contributed by atoms with Crippen LogP contribution in [0, 0.1) is 0 Å². The van der Waals surface area contributed by atoms with Crippen LogP contribution >= 0.6 is 58.7 Å². The number of nitrogens with one attached hydrogen (secondary N) is 2. The van der Waals surface area contributed by atoms with E-state index in [0.29, 0.717) is 27.2 Å². The van der Waals surface area contributed by atoms with Crippen LogP contribution in [0.15, 0.2) is 57.8 Å². The van der Waals surface area contributed by atoms with Crippen molar-refractivity contribution in [3.8, 4) is 0 Å². The Kier molecular flexibility index (Phi) is 9.98. The average molecular weight is 591 g/mol. The van der Waals surface area contributed by atoms with Crippen molar-refractivity contribution < 1.29 is 14.4 Å². The van der Waals surface area contributed by atoms with Gasteiger partial charge in [-0.3, -0.25) is 30.1 Å². The lowest BCUT2D eigenvalue weighted by atomic mass is 10.2. The zero-order chi connectivity index (χ0) is 26.2. The first-order valence-corrected chi connectivity index (χ1v) is 14.9. The first kappa shape index (κ1) is 27.6. The number of benzene rings is 2. The second-order valence-corrected chi connectivity index (χ2v) is 12.4. The van der Waals surface area contributed by atoms with Crippen molar-refractivity contribution in [3.05, 3.63) is 64.0 Å². The summed E-state index contributed by atoms with van der Waals surface area (Å²) in [6, 6.07) is 15.1. The van der Waals surface area contributed by atoms with Crippen LogP contribution in [-0.4, -0.2) is 44.2 Å². The van der Waals surface area contributed by atoms with E-state index in [1.165, 1.54) is 34.9 Å². The van der Waals surface area contributed by atoms with Gasteiger partial charge in [-0.1, -0.05) is 78.0 Å². The summed E-state index contributed by atoms with van der Waals surface area (Å²) in [4.78, 5) is 43.5. The van der Waals surface area contributed by atoms with Crippen LogP contribution in [0.3, 0.4) is 0 Å². The molecule has 7 nitrogen and oxygen atoms in total. The van der Waals surface area contributed by atoms with Crippen molar-refractivity contribution in [1.82, 2.24) is 20.7 Å². The Bertz CT molecular complexity index is 1310. The Balaban J connectivity index is 1.10. The van der Waals surface area contributed by atoms with Crippen molar-refractivity contribution in [1.29, 1.82) is 0 Å². The molecule has 0 aliphatic carbocycles. The molecule has 12 heteroatoms. The van der Waals surface area contributed by atoms with Crippen molar-refractivity contribution in [2.45, 2.75) is 30.0 Å². The molecule has 0 saturated carbocycles. The third-order valence-electron chi connectivity index (χ3n) is 5.27. The summed E-state index contributed by atoms with van der Waals surface area (Å²) in [5.74, 6) is -0.487. The van der Waals surface area contributed by atoms with E-state index in [4.69, 9.17) is 23.8 Å². The topological polar surface area (TPSA) is 91.4 Å². The minimum Gasteiger partial charge on any atom is -0.293 e. The molecule has 0 atom stereocenters. The van der Waals surface area contributed by atoms with Gasteiger partial charge in [0, 0.05) is 18.0 Å². The molecule has 1 fully saturated rings. The number of para-hydroxylation sites is 1. The molecule has 1 aliphatic heterocycles. The van der Waals surface area contributed by atoms with Crippen LogP contribution in [-0.2, 0) is 14.4 Å². The first-order valence-electron chi connectivity index (χ1n) is 11.5. The number of rotatable bonds is 10.